The molecule has 0 amide bonds. The number of rotatable bonds is 9. The van der Waals surface area contributed by atoms with Crippen molar-refractivity contribution in [2.24, 2.45) is 17.6 Å². The first kappa shape index (κ1) is 27.3. The van der Waals surface area contributed by atoms with Gasteiger partial charge in [0.1, 0.15) is 5.01 Å². The largest absolute Gasteiger partial charge is 0.337 e. The fourth-order valence-corrected chi connectivity index (χ4v) is 8.11. The molecule has 2 aliphatic heterocycles. The number of nitrogens with zero attached hydrogens (tertiary/aromatic N) is 2. The predicted molar refractivity (Wildman–Crippen MR) is 171 cm³/mol. The SMILES string of the molecule is CC(C)OOc1cc2sc(-c3ccccc3)nc2cc1C(N)C1C2CCN(C2)C1C(c1ccccc1)c1ccccc1. The minimum Gasteiger partial charge on any atom is -0.337 e. The number of hydrogen-bond acceptors (Lipinski definition) is 6. The molecule has 6 heteroatoms. The number of nitrogens with two attached hydrogens (primary N) is 1. The highest BCUT2D eigenvalue weighted by atomic mass is 32.1. The van der Waals surface area contributed by atoms with Gasteiger partial charge in [0, 0.05) is 41.7 Å². The Hall–Kier alpha value is -3.55. The lowest BCUT2D eigenvalue weighted by Gasteiger charge is -2.41. The Morgan fingerprint density at radius 2 is 1.52 bits per heavy atom. The topological polar surface area (TPSA) is 60.6 Å². The van der Waals surface area contributed by atoms with Crippen LogP contribution in [0, 0.1) is 11.8 Å². The summed E-state index contributed by atoms with van der Waals surface area (Å²) < 4.78 is 1.06. The van der Waals surface area contributed by atoms with Crippen LogP contribution < -0.4 is 10.6 Å². The molecule has 5 unspecified atom stereocenters. The van der Waals surface area contributed by atoms with Crippen LogP contribution in [0.15, 0.2) is 103 Å². The number of aromatic nitrogens is 1. The molecule has 5 atom stereocenters. The molecule has 2 aliphatic rings. The summed E-state index contributed by atoms with van der Waals surface area (Å²) in [5.41, 5.74) is 13.1. The third-order valence-corrected chi connectivity index (χ3v) is 9.99. The summed E-state index contributed by atoms with van der Waals surface area (Å²) >= 11 is 1.67. The van der Waals surface area contributed by atoms with Crippen molar-refractivity contribution in [2.45, 2.75) is 44.4 Å². The Kier molecular flexibility index (Phi) is 7.55. The standard InChI is InChI=1S/C36H37N3O2S/c1-23(2)40-41-30-21-31-29(38-36(42-31)26-16-10-5-11-17-26)20-28(30)34(37)33-27-18-19-39(22-27)35(33)32(24-12-6-3-7-13-24)25-14-8-4-9-15-25/h3-17,20-21,23,27,32-35H,18-19,22,37H2,1-2H3. The van der Waals surface area contributed by atoms with Crippen molar-refractivity contribution in [1.29, 1.82) is 0 Å². The van der Waals surface area contributed by atoms with Crippen LogP contribution >= 0.6 is 11.3 Å². The minimum atomic E-state index is -0.239. The second-order valence-corrected chi connectivity index (χ2v) is 12.9. The zero-order valence-electron chi connectivity index (χ0n) is 24.1. The van der Waals surface area contributed by atoms with Gasteiger partial charge in [0.25, 0.3) is 0 Å². The zero-order chi connectivity index (χ0) is 28.6. The average molecular weight is 576 g/mol. The van der Waals surface area contributed by atoms with Gasteiger partial charge < -0.3 is 10.6 Å². The van der Waals surface area contributed by atoms with Gasteiger partial charge in [-0.3, -0.25) is 4.90 Å². The van der Waals surface area contributed by atoms with Gasteiger partial charge in [0.05, 0.1) is 16.3 Å². The first-order valence-corrected chi connectivity index (χ1v) is 15.8. The van der Waals surface area contributed by atoms with Crippen LogP contribution in [0.2, 0.25) is 0 Å². The number of hydrogen-bond donors (Lipinski definition) is 1. The van der Waals surface area contributed by atoms with Crippen molar-refractivity contribution in [1.82, 2.24) is 9.88 Å². The highest BCUT2D eigenvalue weighted by Gasteiger charge is 2.52. The highest BCUT2D eigenvalue weighted by Crippen LogP contribution is 2.52. The second kappa shape index (κ2) is 11.6. The van der Waals surface area contributed by atoms with Gasteiger partial charge in [-0.25, -0.2) is 4.98 Å². The Morgan fingerprint density at radius 3 is 2.17 bits per heavy atom. The van der Waals surface area contributed by atoms with E-state index in [4.69, 9.17) is 20.5 Å². The molecular formula is C36H37N3O2S. The molecule has 2 N–H and O–H groups in total. The first-order valence-electron chi connectivity index (χ1n) is 15.0. The number of fused-ring (bicyclic) bond motifs is 3. The summed E-state index contributed by atoms with van der Waals surface area (Å²) in [6.07, 6.45) is 1.09. The maximum Gasteiger partial charge on any atom is 0.171 e. The molecule has 5 nitrogen and oxygen atoms in total. The van der Waals surface area contributed by atoms with Crippen molar-refractivity contribution in [3.63, 3.8) is 0 Å². The van der Waals surface area contributed by atoms with Gasteiger partial charge in [0.15, 0.2) is 5.75 Å². The maximum atomic E-state index is 7.40. The van der Waals surface area contributed by atoms with E-state index < -0.39 is 0 Å². The number of thiazole rings is 1. The van der Waals surface area contributed by atoms with E-state index in [1.54, 1.807) is 11.3 Å². The molecule has 214 valence electrons. The van der Waals surface area contributed by atoms with Crippen LogP contribution in [0.25, 0.3) is 20.8 Å². The summed E-state index contributed by atoms with van der Waals surface area (Å²) in [5, 5.41) is 0.990. The van der Waals surface area contributed by atoms with E-state index in [2.05, 4.69) is 89.8 Å². The third kappa shape index (κ3) is 5.13. The Bertz CT molecular complexity index is 1600. The molecule has 5 aromatic rings. The third-order valence-electron chi connectivity index (χ3n) is 8.92. The Morgan fingerprint density at radius 1 is 0.881 bits per heavy atom. The van der Waals surface area contributed by atoms with Crippen molar-refractivity contribution in [2.75, 3.05) is 13.1 Å². The molecule has 7 rings (SSSR count). The van der Waals surface area contributed by atoms with Gasteiger partial charge in [0.2, 0.25) is 0 Å². The summed E-state index contributed by atoms with van der Waals surface area (Å²) in [7, 11) is 0. The van der Waals surface area contributed by atoms with Crippen molar-refractivity contribution in [3.8, 4) is 16.3 Å². The quantitative estimate of drug-likeness (QED) is 0.143. The van der Waals surface area contributed by atoms with Gasteiger partial charge in [-0.05, 0) is 55.8 Å². The van der Waals surface area contributed by atoms with Gasteiger partial charge >= 0.3 is 0 Å². The molecule has 42 heavy (non-hydrogen) atoms. The van der Waals surface area contributed by atoms with E-state index in [9.17, 15) is 0 Å². The second-order valence-electron chi connectivity index (χ2n) is 11.9. The Labute approximate surface area is 251 Å². The van der Waals surface area contributed by atoms with Crippen molar-refractivity contribution >= 4 is 21.6 Å². The molecule has 2 bridgehead atoms. The zero-order valence-corrected chi connectivity index (χ0v) is 24.9. The monoisotopic (exact) mass is 575 g/mol. The summed E-state index contributed by atoms with van der Waals surface area (Å²) in [4.78, 5) is 19.5. The summed E-state index contributed by atoms with van der Waals surface area (Å²) in [6, 6.07) is 36.5. The fraction of sp³-hybridized carbons (Fsp3) is 0.306. The molecule has 2 fully saturated rings. The number of benzene rings is 4. The van der Waals surface area contributed by atoms with Crippen molar-refractivity contribution in [3.05, 3.63) is 120 Å². The predicted octanol–water partition coefficient (Wildman–Crippen LogP) is 7.83. The van der Waals surface area contributed by atoms with E-state index in [0.717, 1.165) is 39.4 Å². The molecular weight excluding hydrogens is 538 g/mol. The van der Waals surface area contributed by atoms with Crippen LogP contribution in [0.5, 0.6) is 5.75 Å². The molecule has 0 spiro atoms. The van der Waals surface area contributed by atoms with Crippen LogP contribution in [0.3, 0.4) is 0 Å². The lowest BCUT2D eigenvalue weighted by molar-refractivity contribution is -0.235. The smallest absolute Gasteiger partial charge is 0.171 e. The molecule has 3 heterocycles. The first-order chi connectivity index (χ1) is 20.6. The van der Waals surface area contributed by atoms with Crippen LogP contribution in [0.4, 0.5) is 0 Å². The van der Waals surface area contributed by atoms with Crippen LogP contribution in [-0.4, -0.2) is 35.1 Å². The fourth-order valence-electron chi connectivity index (χ4n) is 7.13. The molecule has 0 saturated carbocycles. The molecule has 0 radical (unpaired) electrons. The summed E-state index contributed by atoms with van der Waals surface area (Å²) in [6.45, 7) is 6.14. The van der Waals surface area contributed by atoms with Crippen LogP contribution in [-0.2, 0) is 4.89 Å². The van der Waals surface area contributed by atoms with E-state index in [0.29, 0.717) is 11.7 Å². The van der Waals surface area contributed by atoms with E-state index in [1.165, 1.54) is 17.5 Å². The molecule has 1 aromatic heterocycles. The average Bonchev–Trinajstić information content (AvgIpc) is 3.76. The van der Waals surface area contributed by atoms with E-state index in [-0.39, 0.29) is 30.0 Å². The van der Waals surface area contributed by atoms with E-state index >= 15 is 0 Å². The molecule has 0 aliphatic carbocycles. The molecule has 2 saturated heterocycles. The summed E-state index contributed by atoms with van der Waals surface area (Å²) in [5.74, 6) is 1.68. The van der Waals surface area contributed by atoms with Gasteiger partial charge in [-0.15, -0.1) is 11.3 Å². The number of piperidine rings is 1. The Balaban J connectivity index is 1.32. The van der Waals surface area contributed by atoms with Crippen molar-refractivity contribution < 1.29 is 9.78 Å². The van der Waals surface area contributed by atoms with Gasteiger partial charge in [-0.2, -0.15) is 4.89 Å². The highest BCUT2D eigenvalue weighted by molar-refractivity contribution is 7.21. The van der Waals surface area contributed by atoms with Crippen LogP contribution in [0.1, 0.15) is 48.9 Å². The maximum absolute atomic E-state index is 7.40. The normalized spacial score (nSPS) is 22.3. The molecule has 4 aromatic carbocycles. The van der Waals surface area contributed by atoms with E-state index in [1.807, 2.05) is 32.0 Å². The lowest BCUT2D eigenvalue weighted by atomic mass is 9.71. The van der Waals surface area contributed by atoms with Gasteiger partial charge in [-0.1, -0.05) is 91.0 Å². The minimum absolute atomic E-state index is 0.0759. The lowest BCUT2D eigenvalue weighted by Crippen LogP contribution is -2.45.